The lowest BCUT2D eigenvalue weighted by Gasteiger charge is -2.48. The second kappa shape index (κ2) is 5.61. The molecule has 2 saturated heterocycles. The van der Waals surface area contributed by atoms with Crippen LogP contribution in [-0.4, -0.2) is 73.7 Å². The van der Waals surface area contributed by atoms with Crippen LogP contribution in [0.5, 0.6) is 0 Å². The maximum atomic E-state index is 2.62. The normalized spacial score (nSPS) is 24.7. The predicted molar refractivity (Wildman–Crippen MR) is 78.9 cm³/mol. The first-order valence-electron chi connectivity index (χ1n) is 7.56. The van der Waals surface area contributed by atoms with Crippen LogP contribution < -0.4 is 0 Å². The predicted octanol–water partition coefficient (Wildman–Crippen LogP) is 1.26. The van der Waals surface area contributed by atoms with Gasteiger partial charge in [-0.1, -0.05) is 30.3 Å². The number of quaternary nitrogens is 1. The second-order valence-corrected chi connectivity index (χ2v) is 6.30. The van der Waals surface area contributed by atoms with Crippen LogP contribution in [0.3, 0.4) is 0 Å². The smallest absolute Gasteiger partial charge is 0.0917 e. The lowest BCUT2D eigenvalue weighted by molar-refractivity contribution is -0.935. The first-order chi connectivity index (χ1) is 9.26. The fourth-order valence-corrected chi connectivity index (χ4v) is 3.37. The number of hydrogen-bond donors (Lipinski definition) is 0. The number of nitrogens with zero attached hydrogens (tertiary/aromatic N) is 3. The molecule has 2 aliphatic heterocycles. The van der Waals surface area contributed by atoms with Gasteiger partial charge in [0.25, 0.3) is 0 Å². The SMILES string of the molecule is CN1CC[N+]2(CC1)CCN(Cc1ccccc1)CC2. The van der Waals surface area contributed by atoms with Crippen LogP contribution in [0.4, 0.5) is 0 Å². The van der Waals surface area contributed by atoms with Gasteiger partial charge < -0.3 is 4.48 Å². The molecule has 0 N–H and O–H groups in total. The molecule has 2 aliphatic rings. The average molecular weight is 260 g/mol. The number of rotatable bonds is 2. The molecule has 1 aromatic rings. The number of hydrogen-bond acceptors (Lipinski definition) is 2. The summed E-state index contributed by atoms with van der Waals surface area (Å²) in [5.41, 5.74) is 1.45. The zero-order valence-electron chi connectivity index (χ0n) is 12.1. The van der Waals surface area contributed by atoms with E-state index in [2.05, 4.69) is 47.2 Å². The molecule has 104 valence electrons. The molecule has 0 radical (unpaired) electrons. The molecule has 2 fully saturated rings. The molecule has 3 heteroatoms. The van der Waals surface area contributed by atoms with E-state index in [1.165, 1.54) is 62.4 Å². The summed E-state index contributed by atoms with van der Waals surface area (Å²) in [6.45, 7) is 11.6. The van der Waals surface area contributed by atoms with Gasteiger partial charge in [-0.25, -0.2) is 0 Å². The number of benzene rings is 1. The lowest BCUT2D eigenvalue weighted by atomic mass is 10.1. The van der Waals surface area contributed by atoms with E-state index in [0.29, 0.717) is 0 Å². The van der Waals surface area contributed by atoms with Crippen molar-refractivity contribution in [3.05, 3.63) is 35.9 Å². The van der Waals surface area contributed by atoms with Crippen molar-refractivity contribution in [2.45, 2.75) is 6.54 Å². The van der Waals surface area contributed by atoms with Gasteiger partial charge in [0, 0.05) is 32.7 Å². The Labute approximate surface area is 117 Å². The Hall–Kier alpha value is -0.900. The maximum Gasteiger partial charge on any atom is 0.0917 e. The average Bonchev–Trinajstić information content (AvgIpc) is 2.46. The summed E-state index contributed by atoms with van der Waals surface area (Å²) in [5, 5.41) is 0. The Kier molecular flexibility index (Phi) is 3.87. The van der Waals surface area contributed by atoms with Gasteiger partial charge in [0.05, 0.1) is 26.2 Å². The van der Waals surface area contributed by atoms with E-state index in [4.69, 9.17) is 0 Å². The van der Waals surface area contributed by atoms with Crippen molar-refractivity contribution in [3.8, 4) is 0 Å². The number of likely N-dealkylation sites (N-methyl/N-ethyl adjacent to an activating group) is 1. The van der Waals surface area contributed by atoms with E-state index < -0.39 is 0 Å². The quantitative estimate of drug-likeness (QED) is 0.739. The molecular formula is C16H26N3+. The third-order valence-corrected chi connectivity index (χ3v) is 4.94. The van der Waals surface area contributed by atoms with Crippen molar-refractivity contribution >= 4 is 0 Å². The third kappa shape index (κ3) is 3.16. The van der Waals surface area contributed by atoms with Crippen LogP contribution in [0.25, 0.3) is 0 Å². The first-order valence-corrected chi connectivity index (χ1v) is 7.56. The fraction of sp³-hybridized carbons (Fsp3) is 0.625. The van der Waals surface area contributed by atoms with Crippen molar-refractivity contribution in [3.63, 3.8) is 0 Å². The van der Waals surface area contributed by atoms with E-state index in [1.807, 2.05) is 0 Å². The lowest BCUT2D eigenvalue weighted by Crippen LogP contribution is -2.65. The van der Waals surface area contributed by atoms with Gasteiger partial charge in [0.2, 0.25) is 0 Å². The van der Waals surface area contributed by atoms with Gasteiger partial charge in [-0.2, -0.15) is 0 Å². The van der Waals surface area contributed by atoms with Crippen LogP contribution in [0.2, 0.25) is 0 Å². The van der Waals surface area contributed by atoms with E-state index in [1.54, 1.807) is 0 Å². The van der Waals surface area contributed by atoms with Crippen molar-refractivity contribution in [2.24, 2.45) is 0 Å². The molecule has 1 spiro atoms. The van der Waals surface area contributed by atoms with Crippen LogP contribution in [0.1, 0.15) is 5.56 Å². The fourth-order valence-electron chi connectivity index (χ4n) is 3.37. The van der Waals surface area contributed by atoms with E-state index >= 15 is 0 Å². The van der Waals surface area contributed by atoms with Gasteiger partial charge in [-0.15, -0.1) is 0 Å². The number of piperazine rings is 2. The second-order valence-electron chi connectivity index (χ2n) is 6.30. The van der Waals surface area contributed by atoms with Crippen molar-refractivity contribution in [1.82, 2.24) is 9.80 Å². The first kappa shape index (κ1) is 13.1. The molecule has 3 rings (SSSR count). The topological polar surface area (TPSA) is 6.48 Å². The van der Waals surface area contributed by atoms with Crippen molar-refractivity contribution < 1.29 is 4.48 Å². The molecule has 0 bridgehead atoms. The van der Waals surface area contributed by atoms with Crippen LogP contribution in [0, 0.1) is 0 Å². The van der Waals surface area contributed by atoms with Gasteiger partial charge in [0.15, 0.2) is 0 Å². The van der Waals surface area contributed by atoms with E-state index in [9.17, 15) is 0 Å². The highest BCUT2D eigenvalue weighted by Gasteiger charge is 2.35. The highest BCUT2D eigenvalue weighted by molar-refractivity contribution is 5.14. The van der Waals surface area contributed by atoms with Crippen LogP contribution in [0.15, 0.2) is 30.3 Å². The largest absolute Gasteiger partial charge is 0.319 e. The van der Waals surface area contributed by atoms with Crippen molar-refractivity contribution in [2.75, 3.05) is 59.4 Å². The summed E-state index contributed by atoms with van der Waals surface area (Å²) in [5.74, 6) is 0. The molecule has 0 saturated carbocycles. The molecule has 0 aromatic heterocycles. The zero-order chi connectivity index (χ0) is 13.1. The Morgan fingerprint density at radius 2 is 1.47 bits per heavy atom. The molecule has 3 nitrogen and oxygen atoms in total. The summed E-state index contributed by atoms with van der Waals surface area (Å²) in [6.07, 6.45) is 0. The minimum atomic E-state index is 1.13. The molecule has 0 aliphatic carbocycles. The third-order valence-electron chi connectivity index (χ3n) is 4.94. The van der Waals surface area contributed by atoms with E-state index in [-0.39, 0.29) is 0 Å². The summed E-state index contributed by atoms with van der Waals surface area (Å²) in [7, 11) is 2.25. The standard InChI is InChI=1S/C16H26N3/c1-17-7-11-19(12-8-17)13-9-18(10-14-19)15-16-5-3-2-4-6-16/h2-6H,7-15H2,1H3/q+1. The summed E-state index contributed by atoms with van der Waals surface area (Å²) < 4.78 is 1.37. The summed E-state index contributed by atoms with van der Waals surface area (Å²) >= 11 is 0. The van der Waals surface area contributed by atoms with Crippen LogP contribution in [-0.2, 0) is 6.54 Å². The summed E-state index contributed by atoms with van der Waals surface area (Å²) in [6, 6.07) is 10.9. The van der Waals surface area contributed by atoms with E-state index in [0.717, 1.165) is 6.54 Å². The molecule has 0 atom stereocenters. The van der Waals surface area contributed by atoms with Gasteiger partial charge >= 0.3 is 0 Å². The molecule has 2 heterocycles. The Morgan fingerprint density at radius 1 is 0.895 bits per heavy atom. The molecular weight excluding hydrogens is 234 g/mol. The van der Waals surface area contributed by atoms with Crippen molar-refractivity contribution in [1.29, 1.82) is 0 Å². The highest BCUT2D eigenvalue weighted by Crippen LogP contribution is 2.18. The van der Waals surface area contributed by atoms with Gasteiger partial charge in [-0.05, 0) is 12.6 Å². The van der Waals surface area contributed by atoms with Crippen LogP contribution >= 0.6 is 0 Å². The maximum absolute atomic E-state index is 2.62. The molecule has 0 amide bonds. The van der Waals surface area contributed by atoms with Gasteiger partial charge in [-0.3, -0.25) is 9.80 Å². The molecule has 19 heavy (non-hydrogen) atoms. The summed E-state index contributed by atoms with van der Waals surface area (Å²) in [4.78, 5) is 5.09. The molecule has 1 aromatic carbocycles. The Balaban J connectivity index is 1.52. The monoisotopic (exact) mass is 260 g/mol. The Bertz CT molecular complexity index is 386. The highest BCUT2D eigenvalue weighted by atomic mass is 15.4. The minimum Gasteiger partial charge on any atom is -0.319 e. The minimum absolute atomic E-state index is 1.13. The molecule has 0 unspecified atom stereocenters. The van der Waals surface area contributed by atoms with Gasteiger partial charge in [0.1, 0.15) is 0 Å². The Morgan fingerprint density at radius 3 is 2.11 bits per heavy atom. The zero-order valence-corrected chi connectivity index (χ0v) is 12.1.